The van der Waals surface area contributed by atoms with Gasteiger partial charge in [-0.1, -0.05) is 30.8 Å². The number of thiophene rings is 1. The summed E-state index contributed by atoms with van der Waals surface area (Å²) < 4.78 is 10.4. The Morgan fingerprint density at radius 1 is 1.32 bits per heavy atom. The minimum Gasteiger partial charge on any atom is -0.497 e. The summed E-state index contributed by atoms with van der Waals surface area (Å²) in [7, 11) is 3.30. The van der Waals surface area contributed by atoms with E-state index in [2.05, 4.69) is 16.9 Å². The molecule has 0 fully saturated rings. The van der Waals surface area contributed by atoms with Crippen LogP contribution in [0.4, 0.5) is 0 Å². The smallest absolute Gasteiger partial charge is 0.260 e. The van der Waals surface area contributed by atoms with Gasteiger partial charge in [-0.3, -0.25) is 4.79 Å². The van der Waals surface area contributed by atoms with Gasteiger partial charge in [-0.25, -0.2) is 4.98 Å². The number of H-pyrrole nitrogens is 1. The van der Waals surface area contributed by atoms with Crippen LogP contribution in [-0.4, -0.2) is 36.5 Å². The molecule has 7 heteroatoms. The van der Waals surface area contributed by atoms with E-state index < -0.39 is 0 Å². The van der Waals surface area contributed by atoms with E-state index in [9.17, 15) is 4.79 Å². The molecule has 0 atom stereocenters. The van der Waals surface area contributed by atoms with Crippen molar-refractivity contribution in [3.63, 3.8) is 0 Å². The van der Waals surface area contributed by atoms with Gasteiger partial charge in [0.1, 0.15) is 10.6 Å². The second-order valence-electron chi connectivity index (χ2n) is 5.38. The number of rotatable bonds is 7. The van der Waals surface area contributed by atoms with Gasteiger partial charge >= 0.3 is 0 Å². The lowest BCUT2D eigenvalue weighted by Crippen LogP contribution is -2.09. The number of fused-ring (bicyclic) bond motifs is 1. The van der Waals surface area contributed by atoms with Crippen LogP contribution < -0.4 is 10.3 Å². The Labute approximate surface area is 154 Å². The Bertz CT molecular complexity index is 934. The van der Waals surface area contributed by atoms with Gasteiger partial charge in [-0.15, -0.1) is 11.3 Å². The molecule has 1 aromatic carbocycles. The van der Waals surface area contributed by atoms with E-state index in [1.807, 2.05) is 24.3 Å². The Morgan fingerprint density at radius 3 is 2.88 bits per heavy atom. The molecule has 2 aromatic heterocycles. The SMILES string of the molecule is CCc1sc2nc(SCCOC)[nH]c(=O)c2c1-c1cccc(OC)c1. The fourth-order valence-electron chi connectivity index (χ4n) is 2.66. The van der Waals surface area contributed by atoms with Gasteiger partial charge in [0.15, 0.2) is 5.16 Å². The van der Waals surface area contributed by atoms with Crippen molar-refractivity contribution < 1.29 is 9.47 Å². The number of benzene rings is 1. The predicted molar refractivity (Wildman–Crippen MR) is 104 cm³/mol. The molecule has 3 aromatic rings. The largest absolute Gasteiger partial charge is 0.497 e. The molecular formula is C18H20N2O3S2. The van der Waals surface area contributed by atoms with E-state index in [1.54, 1.807) is 25.6 Å². The lowest BCUT2D eigenvalue weighted by Gasteiger charge is -2.06. The number of ether oxygens (including phenoxy) is 2. The molecule has 25 heavy (non-hydrogen) atoms. The van der Waals surface area contributed by atoms with E-state index >= 15 is 0 Å². The molecule has 0 aliphatic carbocycles. The third kappa shape index (κ3) is 3.73. The molecule has 132 valence electrons. The first-order valence-corrected chi connectivity index (χ1v) is 9.80. The summed E-state index contributed by atoms with van der Waals surface area (Å²) in [5.41, 5.74) is 1.84. The van der Waals surface area contributed by atoms with Crippen molar-refractivity contribution in [1.82, 2.24) is 9.97 Å². The summed E-state index contributed by atoms with van der Waals surface area (Å²) in [6.07, 6.45) is 0.846. The number of nitrogens with one attached hydrogen (secondary N) is 1. The Hall–Kier alpha value is -1.83. The lowest BCUT2D eigenvalue weighted by molar-refractivity contribution is 0.218. The van der Waals surface area contributed by atoms with E-state index in [-0.39, 0.29) is 5.56 Å². The van der Waals surface area contributed by atoms with Crippen molar-refractivity contribution >= 4 is 33.3 Å². The normalized spacial score (nSPS) is 11.2. The number of hydrogen-bond donors (Lipinski definition) is 1. The number of aromatic nitrogens is 2. The molecule has 1 N–H and O–H groups in total. The van der Waals surface area contributed by atoms with Crippen LogP contribution in [0.3, 0.4) is 0 Å². The monoisotopic (exact) mass is 376 g/mol. The van der Waals surface area contributed by atoms with Gasteiger partial charge in [0.2, 0.25) is 0 Å². The van der Waals surface area contributed by atoms with Crippen LogP contribution in [0.1, 0.15) is 11.8 Å². The fraction of sp³-hybridized carbons (Fsp3) is 0.333. The molecule has 2 heterocycles. The number of aryl methyl sites for hydroxylation is 1. The summed E-state index contributed by atoms with van der Waals surface area (Å²) in [6.45, 7) is 2.71. The summed E-state index contributed by atoms with van der Waals surface area (Å²) >= 11 is 3.08. The van der Waals surface area contributed by atoms with Crippen molar-refractivity contribution in [3.8, 4) is 16.9 Å². The second kappa shape index (κ2) is 8.03. The van der Waals surface area contributed by atoms with Crippen LogP contribution in [0.15, 0.2) is 34.2 Å². The van der Waals surface area contributed by atoms with Crippen LogP contribution in [0.25, 0.3) is 21.3 Å². The Morgan fingerprint density at radius 2 is 2.16 bits per heavy atom. The van der Waals surface area contributed by atoms with Gasteiger partial charge < -0.3 is 14.5 Å². The third-order valence-corrected chi connectivity index (χ3v) is 5.88. The molecular weight excluding hydrogens is 356 g/mol. The zero-order valence-corrected chi connectivity index (χ0v) is 16.1. The average Bonchev–Trinajstić information content (AvgIpc) is 3.01. The van der Waals surface area contributed by atoms with Crippen molar-refractivity contribution in [3.05, 3.63) is 39.5 Å². The van der Waals surface area contributed by atoms with E-state index in [1.165, 1.54) is 11.8 Å². The third-order valence-electron chi connectivity index (χ3n) is 3.82. The van der Waals surface area contributed by atoms with Crippen molar-refractivity contribution in [1.29, 1.82) is 0 Å². The first-order chi connectivity index (χ1) is 12.2. The molecule has 0 amide bonds. The summed E-state index contributed by atoms with van der Waals surface area (Å²) in [4.78, 5) is 22.2. The number of thioether (sulfide) groups is 1. The van der Waals surface area contributed by atoms with Gasteiger partial charge in [-0.2, -0.15) is 0 Å². The van der Waals surface area contributed by atoms with Gasteiger partial charge in [0.25, 0.3) is 5.56 Å². The summed E-state index contributed by atoms with van der Waals surface area (Å²) in [5.74, 6) is 1.52. The Kier molecular flexibility index (Phi) is 5.78. The minimum atomic E-state index is -0.0984. The molecule has 0 unspecified atom stereocenters. The van der Waals surface area contributed by atoms with Gasteiger partial charge in [-0.05, 0) is 24.1 Å². The minimum absolute atomic E-state index is 0.0984. The molecule has 0 aliphatic heterocycles. The summed E-state index contributed by atoms with van der Waals surface area (Å²) in [5, 5.41) is 1.29. The first kappa shape index (κ1) is 18.0. The summed E-state index contributed by atoms with van der Waals surface area (Å²) in [6, 6.07) is 7.80. The fourth-order valence-corrected chi connectivity index (χ4v) is 4.61. The van der Waals surface area contributed by atoms with E-state index in [0.717, 1.165) is 38.8 Å². The van der Waals surface area contributed by atoms with Gasteiger partial charge in [0.05, 0.1) is 19.1 Å². The zero-order valence-electron chi connectivity index (χ0n) is 14.4. The zero-order chi connectivity index (χ0) is 17.8. The molecule has 3 rings (SSSR count). The first-order valence-electron chi connectivity index (χ1n) is 7.99. The lowest BCUT2D eigenvalue weighted by atomic mass is 10.0. The van der Waals surface area contributed by atoms with Crippen LogP contribution >= 0.6 is 23.1 Å². The molecule has 0 bridgehead atoms. The van der Waals surface area contributed by atoms with Crippen molar-refractivity contribution in [2.45, 2.75) is 18.5 Å². The van der Waals surface area contributed by atoms with E-state index in [4.69, 9.17) is 9.47 Å². The number of aromatic amines is 1. The van der Waals surface area contributed by atoms with Crippen LogP contribution in [0.5, 0.6) is 5.75 Å². The maximum absolute atomic E-state index is 12.7. The predicted octanol–water partition coefficient (Wildman–Crippen LogP) is 3.96. The molecule has 0 spiro atoms. The number of hydrogen-bond acceptors (Lipinski definition) is 6. The number of nitrogens with zero attached hydrogens (tertiary/aromatic N) is 1. The van der Waals surface area contributed by atoms with Crippen LogP contribution in [-0.2, 0) is 11.2 Å². The van der Waals surface area contributed by atoms with E-state index in [0.29, 0.717) is 17.1 Å². The standard InChI is InChI=1S/C18H20N2O3S2/c1-4-13-14(11-6-5-7-12(10-11)23-3)15-16(21)19-18(20-17(15)25-13)24-9-8-22-2/h5-7,10H,4,8-9H2,1-3H3,(H,19,20,21). The topological polar surface area (TPSA) is 64.2 Å². The molecule has 0 saturated carbocycles. The molecule has 0 radical (unpaired) electrons. The average molecular weight is 377 g/mol. The highest BCUT2D eigenvalue weighted by molar-refractivity contribution is 7.99. The second-order valence-corrected chi connectivity index (χ2v) is 7.55. The maximum Gasteiger partial charge on any atom is 0.260 e. The highest BCUT2D eigenvalue weighted by Crippen LogP contribution is 2.38. The van der Waals surface area contributed by atoms with Gasteiger partial charge in [0, 0.05) is 23.3 Å². The quantitative estimate of drug-likeness (QED) is 0.384. The molecule has 0 saturated heterocycles. The highest BCUT2D eigenvalue weighted by atomic mass is 32.2. The maximum atomic E-state index is 12.7. The Balaban J connectivity index is 2.13. The van der Waals surface area contributed by atoms with Crippen molar-refractivity contribution in [2.24, 2.45) is 0 Å². The van der Waals surface area contributed by atoms with Crippen LogP contribution in [0.2, 0.25) is 0 Å². The number of methoxy groups -OCH3 is 2. The van der Waals surface area contributed by atoms with Crippen molar-refractivity contribution in [2.75, 3.05) is 26.6 Å². The molecule has 5 nitrogen and oxygen atoms in total. The van der Waals surface area contributed by atoms with Crippen LogP contribution in [0, 0.1) is 0 Å². The highest BCUT2D eigenvalue weighted by Gasteiger charge is 2.18. The molecule has 0 aliphatic rings.